The molecule has 0 bridgehead atoms. The van der Waals surface area contributed by atoms with Gasteiger partial charge in [0.2, 0.25) is 0 Å². The van der Waals surface area contributed by atoms with Gasteiger partial charge in [0.1, 0.15) is 11.5 Å². The molecule has 2 aromatic heterocycles. The van der Waals surface area contributed by atoms with Crippen LogP contribution in [0, 0.1) is 0 Å². The Morgan fingerprint density at radius 1 is 1.62 bits per heavy atom. The Labute approximate surface area is 90.5 Å². The van der Waals surface area contributed by atoms with Gasteiger partial charge >= 0.3 is 0 Å². The highest BCUT2D eigenvalue weighted by molar-refractivity contribution is 9.10. The minimum absolute atomic E-state index is 0.0693. The molecule has 4 nitrogen and oxygen atoms in total. The first-order valence-corrected chi connectivity index (χ1v) is 4.09. The Balaban J connectivity index is 2.79. The number of hydrogen-bond donors (Lipinski definition) is 1. The maximum Gasteiger partial charge on any atom is 0.149 e. The van der Waals surface area contributed by atoms with Gasteiger partial charge in [0.05, 0.1) is 17.5 Å². The van der Waals surface area contributed by atoms with Crippen molar-refractivity contribution in [2.45, 2.75) is 0 Å². The monoisotopic (exact) mass is 243 g/mol. The fourth-order valence-electron chi connectivity index (χ4n) is 0.797. The molecule has 2 aromatic rings. The summed E-state index contributed by atoms with van der Waals surface area (Å²) in [5.41, 5.74) is 5.53. The second-order valence-corrected chi connectivity index (χ2v) is 2.95. The molecule has 0 aliphatic carbocycles. The number of pyridine rings is 1. The van der Waals surface area contributed by atoms with Gasteiger partial charge in [-0.1, -0.05) is 0 Å². The number of anilines is 1. The lowest BCUT2D eigenvalue weighted by molar-refractivity contribution is 0.877. The van der Waals surface area contributed by atoms with E-state index in [1.54, 1.807) is 0 Å². The summed E-state index contributed by atoms with van der Waals surface area (Å²) in [4.78, 5) is 3.61. The largest absolute Gasteiger partial charge is 0.382 e. The van der Waals surface area contributed by atoms with Crippen molar-refractivity contribution in [3.8, 4) is 5.69 Å². The van der Waals surface area contributed by atoms with Crippen LogP contribution >= 0.6 is 15.9 Å². The first-order chi connectivity index (χ1) is 8.34. The van der Waals surface area contributed by atoms with Gasteiger partial charge in [0, 0.05) is 12.3 Å². The predicted molar refractivity (Wildman–Crippen MR) is 53.5 cm³/mol. The summed E-state index contributed by atoms with van der Waals surface area (Å²) in [6.45, 7) is 0. The third-order valence-electron chi connectivity index (χ3n) is 1.32. The molecule has 0 aliphatic rings. The van der Waals surface area contributed by atoms with Gasteiger partial charge in [-0.25, -0.2) is 9.67 Å². The van der Waals surface area contributed by atoms with Crippen molar-refractivity contribution in [1.82, 2.24) is 14.8 Å². The minimum Gasteiger partial charge on any atom is -0.382 e. The molecule has 66 valence electrons. The molecule has 5 heteroatoms. The van der Waals surface area contributed by atoms with E-state index in [0.717, 1.165) is 4.68 Å². The summed E-state index contributed by atoms with van der Waals surface area (Å²) in [6, 6.07) is -0.757. The van der Waals surface area contributed by atoms with Crippen LogP contribution in [0.25, 0.3) is 5.69 Å². The fraction of sp³-hybridized carbons (Fsp3) is 0. The zero-order chi connectivity index (χ0) is 13.6. The Kier molecular flexibility index (Phi) is 1.04. The van der Waals surface area contributed by atoms with E-state index < -0.39 is 12.2 Å². The van der Waals surface area contributed by atoms with E-state index in [0.29, 0.717) is 0 Å². The number of hydrogen-bond acceptors (Lipinski definition) is 3. The molecule has 2 N–H and O–H groups in total. The highest BCUT2D eigenvalue weighted by atomic mass is 79.9. The highest BCUT2D eigenvalue weighted by Gasteiger charge is 2.02. The summed E-state index contributed by atoms with van der Waals surface area (Å²) in [5, 5.41) is 3.74. The number of aromatic nitrogens is 3. The molecule has 2 rings (SSSR count). The topological polar surface area (TPSA) is 56.7 Å². The van der Waals surface area contributed by atoms with Gasteiger partial charge in [-0.05, 0) is 28.0 Å². The van der Waals surface area contributed by atoms with Crippen LogP contribution in [-0.4, -0.2) is 14.8 Å². The summed E-state index contributed by atoms with van der Waals surface area (Å²) in [5.74, 6) is -0.176. The maximum atomic E-state index is 7.74. The van der Waals surface area contributed by atoms with Crippen LogP contribution in [0.2, 0.25) is 0 Å². The van der Waals surface area contributed by atoms with E-state index in [9.17, 15) is 0 Å². The van der Waals surface area contributed by atoms with Crippen molar-refractivity contribution in [3.05, 3.63) is 35.1 Å². The van der Waals surface area contributed by atoms with Gasteiger partial charge in [-0.3, -0.25) is 0 Å². The smallest absolute Gasteiger partial charge is 0.149 e. The average molecular weight is 244 g/mol. The first kappa shape index (κ1) is 4.23. The van der Waals surface area contributed by atoms with Crippen molar-refractivity contribution in [2.24, 2.45) is 0 Å². The van der Waals surface area contributed by atoms with Crippen molar-refractivity contribution in [1.29, 1.82) is 0 Å². The van der Waals surface area contributed by atoms with Crippen molar-refractivity contribution >= 4 is 21.7 Å². The second-order valence-electron chi connectivity index (χ2n) is 2.16. The highest BCUT2D eigenvalue weighted by Crippen LogP contribution is 2.15. The fourth-order valence-corrected chi connectivity index (χ4v) is 1.04. The van der Waals surface area contributed by atoms with Crippen LogP contribution in [0.4, 0.5) is 5.82 Å². The second kappa shape index (κ2) is 3.18. The molecule has 2 heterocycles. The third kappa shape index (κ3) is 1.55. The van der Waals surface area contributed by atoms with Gasteiger partial charge in [-0.2, -0.15) is 5.10 Å². The van der Waals surface area contributed by atoms with E-state index in [-0.39, 0.29) is 34.4 Å². The van der Waals surface area contributed by atoms with Gasteiger partial charge in [0.25, 0.3) is 0 Å². The molecule has 13 heavy (non-hydrogen) atoms. The molecule has 0 aromatic carbocycles. The number of rotatable bonds is 1. The minimum atomic E-state index is -0.412. The van der Waals surface area contributed by atoms with Crippen LogP contribution in [0.1, 0.15) is 6.85 Å². The lowest BCUT2D eigenvalue weighted by Gasteiger charge is -2.02. The Hall–Kier alpha value is -1.36. The van der Waals surface area contributed by atoms with Crippen LogP contribution in [0.5, 0.6) is 0 Å². The standard InChI is InChI=1S/C8H7BrN4/c9-6-4-12-13(5-6)7-2-1-3-11-8(7)10/h1-5H,(H2,10,11)/i1D,2D,3D,4D,5D. The van der Waals surface area contributed by atoms with E-state index in [1.165, 1.54) is 0 Å². The molecule has 0 atom stereocenters. The summed E-state index contributed by atoms with van der Waals surface area (Å²) < 4.78 is 38.9. The van der Waals surface area contributed by atoms with Gasteiger partial charge in [-0.15, -0.1) is 0 Å². The molecular weight excluding hydrogens is 232 g/mol. The summed E-state index contributed by atoms with van der Waals surface area (Å²) in [7, 11) is 0. The summed E-state index contributed by atoms with van der Waals surface area (Å²) >= 11 is 3.01. The molecule has 0 radical (unpaired) electrons. The van der Waals surface area contributed by atoms with E-state index in [2.05, 4.69) is 26.0 Å². The molecule has 0 aliphatic heterocycles. The van der Waals surface area contributed by atoms with Gasteiger partial charge < -0.3 is 5.73 Å². The molecule has 0 amide bonds. The van der Waals surface area contributed by atoms with Crippen molar-refractivity contribution < 1.29 is 6.85 Å². The van der Waals surface area contributed by atoms with Crippen LogP contribution in [0.15, 0.2) is 35.1 Å². The number of halogens is 1. The van der Waals surface area contributed by atoms with E-state index >= 15 is 0 Å². The zero-order valence-electron chi connectivity index (χ0n) is 11.3. The number of nitrogen functional groups attached to an aromatic ring is 1. The van der Waals surface area contributed by atoms with Crippen LogP contribution in [-0.2, 0) is 0 Å². The van der Waals surface area contributed by atoms with E-state index in [1.807, 2.05) is 0 Å². The molecule has 0 saturated carbocycles. The van der Waals surface area contributed by atoms with Crippen LogP contribution < -0.4 is 5.73 Å². The lowest BCUT2D eigenvalue weighted by atomic mass is 10.4. The third-order valence-corrected chi connectivity index (χ3v) is 1.67. The molecular formula is C8H7BrN4. The first-order valence-electron chi connectivity index (χ1n) is 5.80. The molecule has 0 spiro atoms. The van der Waals surface area contributed by atoms with Crippen molar-refractivity contribution in [2.75, 3.05) is 5.73 Å². The van der Waals surface area contributed by atoms with Crippen molar-refractivity contribution in [3.63, 3.8) is 0 Å². The van der Waals surface area contributed by atoms with Crippen LogP contribution in [0.3, 0.4) is 0 Å². The average Bonchev–Trinajstić information content (AvgIpc) is 2.55. The SMILES string of the molecule is [2H]c1nc(N)c(-n2nc([2H])c(Br)c2[2H])c([2H])c1[2H]. The zero-order valence-corrected chi connectivity index (χ0v) is 7.88. The lowest BCUT2D eigenvalue weighted by Crippen LogP contribution is -2.01. The number of nitrogens with two attached hydrogens (primary N) is 1. The molecule has 0 unspecified atom stereocenters. The Morgan fingerprint density at radius 3 is 3.15 bits per heavy atom. The normalized spacial score (nSPS) is 15.6. The Bertz CT molecular complexity index is 641. The Morgan fingerprint density at radius 2 is 2.46 bits per heavy atom. The number of nitrogens with zero attached hydrogens (tertiary/aromatic N) is 3. The predicted octanol–water partition coefficient (Wildman–Crippen LogP) is 1.61. The van der Waals surface area contributed by atoms with E-state index in [4.69, 9.17) is 12.6 Å². The molecule has 0 saturated heterocycles. The quantitative estimate of drug-likeness (QED) is 0.829. The molecule has 0 fully saturated rings. The summed E-state index contributed by atoms with van der Waals surface area (Å²) in [6.07, 6.45) is -0.760. The van der Waals surface area contributed by atoms with Gasteiger partial charge in [0.15, 0.2) is 0 Å². The maximum absolute atomic E-state index is 7.74.